The Morgan fingerprint density at radius 3 is 1.62 bits per heavy atom. The van der Waals surface area contributed by atoms with Crippen LogP contribution in [0.15, 0.2) is 0 Å². The molecule has 49 valence electrons. The molecule has 0 spiro atoms. The first-order valence-electron chi connectivity index (χ1n) is 1.17. The van der Waals surface area contributed by atoms with Gasteiger partial charge in [-0.1, -0.05) is 0 Å². The van der Waals surface area contributed by atoms with Gasteiger partial charge in [0.2, 0.25) is 0 Å². The molecular weight excluding hydrogens is 173 g/mol. The van der Waals surface area contributed by atoms with Gasteiger partial charge in [0.15, 0.2) is 0 Å². The minimum absolute atomic E-state index is 0. The Labute approximate surface area is 69.6 Å². The first-order valence-corrected chi connectivity index (χ1v) is 2.70. The number of hydrogen-bond donors (Lipinski definition) is 2. The Morgan fingerprint density at radius 2 is 1.62 bits per heavy atom. The molecule has 0 aliphatic rings. The van der Waals surface area contributed by atoms with Gasteiger partial charge in [-0.2, -0.15) is 0 Å². The summed E-state index contributed by atoms with van der Waals surface area (Å²) in [5.74, 6) is 0. The van der Waals surface area contributed by atoms with E-state index in [-0.39, 0.29) is 35.6 Å². The molecule has 0 saturated carbocycles. The maximum atomic E-state index is 9.47. The number of phosphoric acid groups is 1. The van der Waals surface area contributed by atoms with E-state index in [9.17, 15) is 4.57 Å². The Morgan fingerprint density at radius 1 is 1.50 bits per heavy atom. The molecule has 0 aliphatic carbocycles. The summed E-state index contributed by atoms with van der Waals surface area (Å²) >= 11 is 0. The van der Waals surface area contributed by atoms with E-state index >= 15 is 0 Å². The second kappa shape index (κ2) is 6.34. The van der Waals surface area contributed by atoms with Gasteiger partial charge in [0.05, 0.1) is 0 Å². The van der Waals surface area contributed by atoms with E-state index in [1.165, 1.54) is 0 Å². The molecule has 7 heteroatoms. The van der Waals surface area contributed by atoms with Crippen molar-refractivity contribution in [2.45, 2.75) is 0 Å². The summed E-state index contributed by atoms with van der Waals surface area (Å²) in [5.41, 5.74) is 0. The van der Waals surface area contributed by atoms with Crippen molar-refractivity contribution in [3.8, 4) is 0 Å². The normalized spacial score (nSPS) is 8.88. The van der Waals surface area contributed by atoms with Gasteiger partial charge in [-0.15, -0.1) is 0 Å². The van der Waals surface area contributed by atoms with Crippen LogP contribution in [0.3, 0.4) is 0 Å². The number of hydrogen-bond acceptors (Lipinski definition) is 2. The van der Waals surface area contributed by atoms with Gasteiger partial charge in [-0.3, -0.25) is 4.52 Å². The molecule has 0 rings (SSSR count). The number of phosphoric ester groups is 1. The van der Waals surface area contributed by atoms with E-state index in [2.05, 4.69) is 4.52 Å². The van der Waals surface area contributed by atoms with Gasteiger partial charge >= 0.3 is 26.7 Å². The fraction of sp³-hybridized carbons (Fsp3) is 1.00. The van der Waals surface area contributed by atoms with Crippen LogP contribution in [-0.4, -0.2) is 35.8 Å². The van der Waals surface area contributed by atoms with Crippen molar-refractivity contribution in [1.29, 1.82) is 0 Å². The van der Waals surface area contributed by atoms with Gasteiger partial charge in [0, 0.05) is 23.9 Å². The van der Waals surface area contributed by atoms with E-state index in [1.54, 1.807) is 0 Å². The first kappa shape index (κ1) is 16.1. The predicted molar refractivity (Wildman–Crippen MR) is 26.2 cm³/mol. The van der Waals surface area contributed by atoms with Crippen molar-refractivity contribution in [3.05, 3.63) is 0 Å². The average molecular weight is 179 g/mol. The molecule has 0 bridgehead atoms. The molecule has 0 saturated heterocycles. The predicted octanol–water partition coefficient (Wildman–Crippen LogP) is -0.926. The van der Waals surface area contributed by atoms with Crippen molar-refractivity contribution >= 4 is 26.7 Å². The van der Waals surface area contributed by atoms with E-state index in [0.29, 0.717) is 0 Å². The van der Waals surface area contributed by atoms with Crippen molar-refractivity contribution in [1.82, 2.24) is 0 Å². The summed E-state index contributed by atoms with van der Waals surface area (Å²) in [4.78, 5) is 15.4. The molecule has 8 heavy (non-hydrogen) atoms. The molecule has 0 aliphatic heterocycles. The molecule has 0 heterocycles. The van der Waals surface area contributed by atoms with Crippen molar-refractivity contribution in [2.75, 3.05) is 7.11 Å². The zero-order valence-electron chi connectivity index (χ0n) is 3.49. The Kier molecular flexibility index (Phi) is 12.8. The fourth-order valence-corrected chi connectivity index (χ4v) is 0. The summed E-state index contributed by atoms with van der Waals surface area (Å²) in [7, 11) is -3.20. The van der Waals surface area contributed by atoms with Gasteiger partial charge in [-0.25, -0.2) is 4.57 Å². The summed E-state index contributed by atoms with van der Waals surface area (Å²) in [5, 5.41) is 0. The molecule has 0 amide bonds. The maximum absolute atomic E-state index is 9.47. The third kappa shape index (κ3) is 15.7. The van der Waals surface area contributed by atoms with Crippen LogP contribution in [0.25, 0.3) is 0 Å². The van der Waals surface area contributed by atoms with E-state index in [4.69, 9.17) is 9.79 Å². The second-order valence-electron chi connectivity index (χ2n) is 0.673. The van der Waals surface area contributed by atoms with Crippen molar-refractivity contribution in [2.24, 2.45) is 0 Å². The minimum atomic E-state index is -4.15. The van der Waals surface area contributed by atoms with E-state index in [0.717, 1.165) is 7.11 Å². The van der Waals surface area contributed by atoms with Crippen LogP contribution in [0.2, 0.25) is 0 Å². The zero-order chi connectivity index (χ0) is 5.21. The van der Waals surface area contributed by atoms with Crippen LogP contribution in [0.1, 0.15) is 0 Å². The molecule has 1 radical (unpaired) electrons. The molecular formula is CH6CoLiO4P. The molecule has 0 atom stereocenters. The first-order chi connectivity index (χ1) is 2.56. The van der Waals surface area contributed by atoms with Gasteiger partial charge < -0.3 is 9.79 Å². The van der Waals surface area contributed by atoms with Crippen LogP contribution in [-0.2, 0) is 25.9 Å². The number of rotatable bonds is 1. The molecule has 0 aromatic heterocycles. The van der Waals surface area contributed by atoms with E-state index in [1.807, 2.05) is 0 Å². The van der Waals surface area contributed by atoms with Gasteiger partial charge in [0.1, 0.15) is 0 Å². The summed E-state index contributed by atoms with van der Waals surface area (Å²) in [6.07, 6.45) is 0. The molecule has 0 aromatic rings. The van der Waals surface area contributed by atoms with Crippen LogP contribution < -0.4 is 0 Å². The summed E-state index contributed by atoms with van der Waals surface area (Å²) < 4.78 is 13.1. The molecule has 0 unspecified atom stereocenters. The van der Waals surface area contributed by atoms with Crippen LogP contribution in [0.5, 0.6) is 0 Å². The molecule has 4 nitrogen and oxygen atoms in total. The monoisotopic (exact) mass is 179 g/mol. The van der Waals surface area contributed by atoms with Gasteiger partial charge in [0.25, 0.3) is 0 Å². The molecule has 0 aromatic carbocycles. The molecule has 0 fully saturated rings. The SMILES string of the molecule is COP(=O)(O)O.[Co].[LiH]. The molecule has 2 N–H and O–H groups in total. The van der Waals surface area contributed by atoms with Crippen LogP contribution in [0.4, 0.5) is 0 Å². The zero-order valence-corrected chi connectivity index (χ0v) is 5.43. The summed E-state index contributed by atoms with van der Waals surface area (Å²) in [6.45, 7) is 0. The average Bonchev–Trinajstić information content (AvgIpc) is 1.35. The topological polar surface area (TPSA) is 66.8 Å². The van der Waals surface area contributed by atoms with Crippen LogP contribution in [0, 0.1) is 0 Å². The third-order valence-electron chi connectivity index (χ3n) is 0.238. The second-order valence-corrected chi connectivity index (χ2v) is 2.02. The van der Waals surface area contributed by atoms with Crippen molar-refractivity contribution in [3.63, 3.8) is 0 Å². The van der Waals surface area contributed by atoms with Gasteiger partial charge in [-0.05, 0) is 0 Å². The standard InChI is InChI=1S/CH5O4P.Co.Li.H/c1-5-6(2,3)4;;;/h1H3,(H2,2,3,4);;;. The Balaban J connectivity index is -0.000000125. The van der Waals surface area contributed by atoms with Crippen LogP contribution >= 0.6 is 7.82 Å². The Bertz CT molecular complexity index is 80.1. The Hall–Kier alpha value is 1.21. The van der Waals surface area contributed by atoms with E-state index < -0.39 is 7.82 Å². The van der Waals surface area contributed by atoms with Crippen molar-refractivity contribution < 1.29 is 35.7 Å². The summed E-state index contributed by atoms with van der Waals surface area (Å²) in [6, 6.07) is 0. The fourth-order valence-electron chi connectivity index (χ4n) is 0. The quantitative estimate of drug-likeness (QED) is 0.403. The third-order valence-corrected chi connectivity index (χ3v) is 0.714.